The fourth-order valence-electron chi connectivity index (χ4n) is 1.45. The third-order valence-electron chi connectivity index (χ3n) is 2.40. The molecule has 0 saturated carbocycles. The number of nitriles is 1. The van der Waals surface area contributed by atoms with Crippen molar-refractivity contribution < 1.29 is 13.6 Å². The summed E-state index contributed by atoms with van der Waals surface area (Å²) < 4.78 is 26.4. The summed E-state index contributed by atoms with van der Waals surface area (Å²) in [6.45, 7) is 0. The lowest BCUT2D eigenvalue weighted by molar-refractivity contribution is 0.102. The Balaban J connectivity index is 2.25. The van der Waals surface area contributed by atoms with Crippen molar-refractivity contribution in [2.75, 3.05) is 5.32 Å². The predicted molar refractivity (Wildman–Crippen MR) is 64.3 cm³/mol. The Morgan fingerprint density at radius 1 is 1.21 bits per heavy atom. The quantitative estimate of drug-likeness (QED) is 0.899. The van der Waals surface area contributed by atoms with Crippen LogP contribution >= 0.6 is 0 Å². The first-order valence-corrected chi connectivity index (χ1v) is 5.29. The summed E-state index contributed by atoms with van der Waals surface area (Å²) in [6, 6.07) is 11.5. The van der Waals surface area contributed by atoms with Gasteiger partial charge in [0, 0.05) is 11.6 Å². The Morgan fingerprint density at radius 2 is 1.89 bits per heavy atom. The standard InChI is InChI=1S/C14H7F2N2O/c15-11-6-4-9(5-7-11)14(19)18-12-3-1-2-10(8-17)13(12)16/h1,3-7H,(H,18,19). The van der Waals surface area contributed by atoms with Crippen molar-refractivity contribution in [2.45, 2.75) is 0 Å². The number of nitrogens with one attached hydrogen (secondary N) is 1. The number of hydrogen-bond acceptors (Lipinski definition) is 2. The topological polar surface area (TPSA) is 52.9 Å². The molecule has 0 heterocycles. The highest BCUT2D eigenvalue weighted by molar-refractivity contribution is 6.04. The van der Waals surface area contributed by atoms with E-state index in [-0.39, 0.29) is 16.8 Å². The lowest BCUT2D eigenvalue weighted by atomic mass is 10.1. The van der Waals surface area contributed by atoms with Crippen LogP contribution in [-0.2, 0) is 0 Å². The van der Waals surface area contributed by atoms with E-state index < -0.39 is 17.5 Å². The van der Waals surface area contributed by atoms with Crippen molar-refractivity contribution in [3.63, 3.8) is 0 Å². The fraction of sp³-hybridized carbons (Fsp3) is 0. The summed E-state index contributed by atoms with van der Waals surface area (Å²) in [5.41, 5.74) is -0.214. The van der Waals surface area contributed by atoms with Crippen LogP contribution < -0.4 is 5.32 Å². The summed E-state index contributed by atoms with van der Waals surface area (Å²) in [5, 5.41) is 11.0. The fourth-order valence-corrected chi connectivity index (χ4v) is 1.45. The van der Waals surface area contributed by atoms with Crippen LogP contribution in [0.25, 0.3) is 0 Å². The number of amides is 1. The van der Waals surface area contributed by atoms with Gasteiger partial charge in [-0.1, -0.05) is 6.07 Å². The molecule has 0 aliphatic heterocycles. The molecule has 0 fully saturated rings. The van der Waals surface area contributed by atoms with Gasteiger partial charge in [-0.05, 0) is 30.3 Å². The van der Waals surface area contributed by atoms with E-state index in [1.807, 2.05) is 0 Å². The van der Waals surface area contributed by atoms with Crippen molar-refractivity contribution in [1.29, 1.82) is 5.26 Å². The third kappa shape index (κ3) is 2.75. The van der Waals surface area contributed by atoms with Gasteiger partial charge in [0.05, 0.1) is 11.3 Å². The maximum Gasteiger partial charge on any atom is 0.255 e. The van der Waals surface area contributed by atoms with Gasteiger partial charge in [-0.15, -0.1) is 0 Å². The molecule has 2 aromatic carbocycles. The molecular weight excluding hydrogens is 250 g/mol. The first-order valence-electron chi connectivity index (χ1n) is 5.29. The number of benzene rings is 2. The molecule has 0 aliphatic carbocycles. The summed E-state index contributed by atoms with van der Waals surface area (Å²) in [4.78, 5) is 11.8. The zero-order valence-electron chi connectivity index (χ0n) is 9.58. The molecule has 1 amide bonds. The van der Waals surface area contributed by atoms with E-state index in [0.717, 1.165) is 12.1 Å². The zero-order chi connectivity index (χ0) is 13.8. The van der Waals surface area contributed by atoms with E-state index >= 15 is 0 Å². The van der Waals surface area contributed by atoms with Crippen molar-refractivity contribution in [3.05, 3.63) is 65.2 Å². The second-order valence-electron chi connectivity index (χ2n) is 3.65. The van der Waals surface area contributed by atoms with Crippen LogP contribution in [0.3, 0.4) is 0 Å². The normalized spacial score (nSPS) is 9.74. The molecule has 93 valence electrons. The Kier molecular flexibility index (Phi) is 3.53. The highest BCUT2D eigenvalue weighted by Gasteiger charge is 2.12. The Labute approximate surface area is 108 Å². The minimum Gasteiger partial charge on any atom is -0.319 e. The molecule has 0 saturated heterocycles. The lowest BCUT2D eigenvalue weighted by Gasteiger charge is -2.06. The summed E-state index contributed by atoms with van der Waals surface area (Å²) in [6.07, 6.45) is 0. The number of nitrogens with zero attached hydrogens (tertiary/aromatic N) is 1. The molecule has 0 unspecified atom stereocenters. The van der Waals surface area contributed by atoms with Gasteiger partial charge in [-0.3, -0.25) is 4.79 Å². The van der Waals surface area contributed by atoms with Crippen LogP contribution in [-0.4, -0.2) is 5.91 Å². The number of carbonyl (C=O) groups is 1. The van der Waals surface area contributed by atoms with E-state index in [9.17, 15) is 13.6 Å². The maximum absolute atomic E-state index is 13.7. The minimum atomic E-state index is -0.847. The average Bonchev–Trinajstić information content (AvgIpc) is 2.42. The monoisotopic (exact) mass is 257 g/mol. The number of halogens is 2. The first-order chi connectivity index (χ1) is 9.11. The first kappa shape index (κ1) is 12.7. The van der Waals surface area contributed by atoms with Crippen molar-refractivity contribution in [1.82, 2.24) is 0 Å². The van der Waals surface area contributed by atoms with Crippen LogP contribution in [0, 0.1) is 29.0 Å². The molecule has 0 aliphatic rings. The van der Waals surface area contributed by atoms with Gasteiger partial charge in [0.25, 0.3) is 5.91 Å². The molecule has 2 rings (SSSR count). The number of carbonyl (C=O) groups excluding carboxylic acids is 1. The van der Waals surface area contributed by atoms with Crippen molar-refractivity contribution in [3.8, 4) is 6.07 Å². The SMILES string of the molecule is N#Cc1[c]ccc(NC(=O)c2ccc(F)cc2)c1F. The predicted octanol–water partition coefficient (Wildman–Crippen LogP) is 2.89. The molecule has 0 bridgehead atoms. The Hall–Kier alpha value is -2.74. The second-order valence-corrected chi connectivity index (χ2v) is 3.65. The highest BCUT2D eigenvalue weighted by Crippen LogP contribution is 2.17. The zero-order valence-corrected chi connectivity index (χ0v) is 9.58. The molecule has 0 spiro atoms. The molecule has 0 atom stereocenters. The van der Waals surface area contributed by atoms with E-state index in [0.29, 0.717) is 0 Å². The minimum absolute atomic E-state index is 0.121. The lowest BCUT2D eigenvalue weighted by Crippen LogP contribution is -2.13. The third-order valence-corrected chi connectivity index (χ3v) is 2.40. The van der Waals surface area contributed by atoms with Crippen LogP contribution in [0.2, 0.25) is 0 Å². The molecule has 5 heteroatoms. The van der Waals surface area contributed by atoms with E-state index in [2.05, 4.69) is 11.4 Å². The Morgan fingerprint density at radius 3 is 2.53 bits per heavy atom. The van der Waals surface area contributed by atoms with E-state index in [1.165, 1.54) is 24.3 Å². The highest BCUT2D eigenvalue weighted by atomic mass is 19.1. The molecule has 3 nitrogen and oxygen atoms in total. The van der Waals surface area contributed by atoms with Crippen LogP contribution in [0.15, 0.2) is 36.4 Å². The van der Waals surface area contributed by atoms with Gasteiger partial charge < -0.3 is 5.32 Å². The number of hydrogen-bond donors (Lipinski definition) is 1. The second kappa shape index (κ2) is 5.27. The van der Waals surface area contributed by atoms with Crippen LogP contribution in [0.4, 0.5) is 14.5 Å². The van der Waals surface area contributed by atoms with Gasteiger partial charge in [-0.2, -0.15) is 5.26 Å². The Bertz CT molecular complexity index is 660. The number of anilines is 1. The smallest absolute Gasteiger partial charge is 0.255 e. The van der Waals surface area contributed by atoms with Crippen molar-refractivity contribution >= 4 is 11.6 Å². The van der Waals surface area contributed by atoms with Crippen LogP contribution in [0.5, 0.6) is 0 Å². The van der Waals surface area contributed by atoms with Gasteiger partial charge in [0.1, 0.15) is 11.9 Å². The van der Waals surface area contributed by atoms with Crippen LogP contribution in [0.1, 0.15) is 15.9 Å². The summed E-state index contributed by atoms with van der Waals surface area (Å²) in [5.74, 6) is -1.90. The molecular formula is C14H7F2N2O. The molecule has 1 radical (unpaired) electrons. The maximum atomic E-state index is 13.7. The molecule has 2 aromatic rings. The molecule has 1 N–H and O–H groups in total. The largest absolute Gasteiger partial charge is 0.319 e. The van der Waals surface area contributed by atoms with Gasteiger partial charge in [-0.25, -0.2) is 8.78 Å². The number of rotatable bonds is 2. The van der Waals surface area contributed by atoms with Crippen molar-refractivity contribution in [2.24, 2.45) is 0 Å². The molecule has 19 heavy (non-hydrogen) atoms. The average molecular weight is 257 g/mol. The van der Waals surface area contributed by atoms with Gasteiger partial charge >= 0.3 is 0 Å². The van der Waals surface area contributed by atoms with E-state index in [1.54, 1.807) is 6.07 Å². The summed E-state index contributed by atoms with van der Waals surface area (Å²) in [7, 11) is 0. The van der Waals surface area contributed by atoms with E-state index in [4.69, 9.17) is 5.26 Å². The molecule has 0 aromatic heterocycles. The summed E-state index contributed by atoms with van der Waals surface area (Å²) >= 11 is 0. The van der Waals surface area contributed by atoms with Gasteiger partial charge in [0.2, 0.25) is 0 Å². The van der Waals surface area contributed by atoms with Gasteiger partial charge in [0.15, 0.2) is 5.82 Å².